The molecule has 9 heteroatoms. The summed E-state index contributed by atoms with van der Waals surface area (Å²) in [4.78, 5) is 1.31. The van der Waals surface area contributed by atoms with Gasteiger partial charge < -0.3 is 0 Å². The SMILES string of the molecule is CSC1=c2ccc3n2C24n5c(ccc51)C(C)=C1C=CC(=[N+]12)C(c1ccc(C#Cc2ccc(C5=c6ccc7n6C68n9c(ccc95)C(C)=C5C=CC(=[N+]56)C(C)=C5C=CC(=[N+]58)C=7C)cc2)cc1)=C1C=CC(=[N+]14)C=3C. The molecule has 71 heavy (non-hydrogen) atoms. The fourth-order valence-electron chi connectivity index (χ4n) is 14.8. The highest BCUT2D eigenvalue weighted by molar-refractivity contribution is 8.07. The number of thioether (sulfide) groups is 1. The van der Waals surface area contributed by atoms with E-state index in [-0.39, 0.29) is 0 Å². The summed E-state index contributed by atoms with van der Waals surface area (Å²) in [5.41, 5.74) is 28.3. The maximum Gasteiger partial charge on any atom is 0.553 e. The predicted octanol–water partition coefficient (Wildman–Crippen LogP) is 6.58. The molecule has 0 N–H and O–H groups in total. The van der Waals surface area contributed by atoms with E-state index in [9.17, 15) is 0 Å². The van der Waals surface area contributed by atoms with Gasteiger partial charge in [-0.25, -0.2) is 0 Å². The van der Waals surface area contributed by atoms with Gasteiger partial charge in [0.05, 0.1) is 54.7 Å². The first-order chi connectivity index (χ1) is 34.8. The van der Waals surface area contributed by atoms with Crippen LogP contribution >= 0.6 is 11.8 Å². The zero-order chi connectivity index (χ0) is 46.9. The van der Waals surface area contributed by atoms with Gasteiger partial charge in [0.15, 0.2) is 0 Å². The van der Waals surface area contributed by atoms with Crippen LogP contribution in [-0.2, 0) is 11.8 Å². The molecule has 12 aliphatic heterocycles. The van der Waals surface area contributed by atoms with E-state index in [1.54, 1.807) is 0 Å². The van der Waals surface area contributed by atoms with Gasteiger partial charge in [0, 0.05) is 87.6 Å². The molecular weight excluding hydrogens is 889 g/mol. The molecule has 0 saturated carbocycles. The lowest BCUT2D eigenvalue weighted by Crippen LogP contribution is -2.71. The Hall–Kier alpha value is -8.45. The van der Waals surface area contributed by atoms with E-state index in [1.807, 2.05) is 11.8 Å². The Bertz CT molecular complexity index is 4670. The van der Waals surface area contributed by atoms with Crippen molar-refractivity contribution < 1.29 is 18.3 Å². The summed E-state index contributed by atoms with van der Waals surface area (Å²) in [6.07, 6.45) is 20.9. The van der Waals surface area contributed by atoms with Crippen LogP contribution in [0.2, 0.25) is 0 Å². The topological polar surface area (TPSA) is 31.8 Å². The highest BCUT2D eigenvalue weighted by Crippen LogP contribution is 2.52. The van der Waals surface area contributed by atoms with Crippen LogP contribution in [0.4, 0.5) is 0 Å². The largest absolute Gasteiger partial charge is 0.553 e. The van der Waals surface area contributed by atoms with Crippen LogP contribution < -0.4 is 21.4 Å². The van der Waals surface area contributed by atoms with Gasteiger partial charge in [0.25, 0.3) is 0 Å². The van der Waals surface area contributed by atoms with Gasteiger partial charge >= 0.3 is 11.8 Å². The van der Waals surface area contributed by atoms with Gasteiger partial charge in [-0.3, -0.25) is 0 Å². The highest BCUT2D eigenvalue weighted by atomic mass is 32.2. The number of allylic oxidation sites excluding steroid dienone is 12. The predicted molar refractivity (Wildman–Crippen MR) is 280 cm³/mol. The Balaban J connectivity index is 0.744. The molecule has 332 valence electrons. The lowest BCUT2D eigenvalue weighted by atomic mass is 9.94. The Labute approximate surface area is 412 Å². The minimum absolute atomic E-state index is 0.635. The zero-order valence-corrected chi connectivity index (χ0v) is 40.7. The summed E-state index contributed by atoms with van der Waals surface area (Å²) in [6.45, 7) is 11.4. The Morgan fingerprint density at radius 1 is 0.366 bits per heavy atom. The maximum absolute atomic E-state index is 3.54. The van der Waals surface area contributed by atoms with Crippen molar-refractivity contribution >= 4 is 73.0 Å². The number of rotatable bonds is 3. The second-order valence-corrected chi connectivity index (χ2v) is 21.3. The average Bonchev–Trinajstić information content (AvgIpc) is 4.26. The molecule has 2 aromatic carbocycles. The third kappa shape index (κ3) is 3.71. The van der Waals surface area contributed by atoms with Crippen molar-refractivity contribution in [3.63, 3.8) is 0 Å². The Morgan fingerprint density at radius 3 is 1.38 bits per heavy atom. The minimum atomic E-state index is -0.648. The Morgan fingerprint density at radius 2 is 0.789 bits per heavy atom. The first kappa shape index (κ1) is 37.4. The zero-order valence-electron chi connectivity index (χ0n) is 39.8. The van der Waals surface area contributed by atoms with E-state index in [1.165, 1.54) is 145 Å². The molecule has 4 aromatic heterocycles. The normalized spacial score (nSPS) is 23.7. The van der Waals surface area contributed by atoms with Crippen LogP contribution in [0.25, 0.3) is 38.3 Å². The van der Waals surface area contributed by atoms with Crippen LogP contribution in [0.5, 0.6) is 0 Å². The molecule has 6 aromatic rings. The summed E-state index contributed by atoms with van der Waals surface area (Å²) in [6, 6.07) is 36.5. The molecule has 2 spiro atoms. The number of nitrogens with zero attached hydrogens (tertiary/aromatic N) is 8. The van der Waals surface area contributed by atoms with E-state index in [0.717, 1.165) is 11.1 Å². The molecule has 12 aliphatic rings. The monoisotopic (exact) mass is 930 g/mol. The fraction of sp³-hybridized carbons (Fsp3) is 0.129. The van der Waals surface area contributed by atoms with Gasteiger partial charge in [-0.05, 0) is 125 Å². The van der Waals surface area contributed by atoms with Crippen molar-refractivity contribution in [2.75, 3.05) is 6.26 Å². The second kappa shape index (κ2) is 11.8. The number of hydrogen-bond donors (Lipinski definition) is 0. The van der Waals surface area contributed by atoms with Crippen molar-refractivity contribution in [3.8, 4) is 11.8 Å². The lowest BCUT2D eigenvalue weighted by Gasteiger charge is -2.40. The molecule has 2 unspecified atom stereocenters. The summed E-state index contributed by atoms with van der Waals surface area (Å²) in [5.74, 6) is 5.79. The van der Waals surface area contributed by atoms with Gasteiger partial charge in [-0.15, -0.1) is 11.8 Å². The highest BCUT2D eigenvalue weighted by Gasteiger charge is 2.74. The van der Waals surface area contributed by atoms with Crippen LogP contribution in [0.15, 0.2) is 174 Å². The van der Waals surface area contributed by atoms with Crippen LogP contribution in [0.3, 0.4) is 0 Å². The van der Waals surface area contributed by atoms with Crippen molar-refractivity contribution in [1.82, 2.24) is 18.3 Å². The van der Waals surface area contributed by atoms with Gasteiger partial charge in [-0.2, -0.15) is 18.3 Å². The molecule has 0 saturated heterocycles. The molecule has 18 rings (SSSR count). The molecule has 0 fully saturated rings. The summed E-state index contributed by atoms with van der Waals surface area (Å²) in [7, 11) is 0. The maximum atomic E-state index is 3.54. The first-order valence-electron chi connectivity index (χ1n) is 24.7. The van der Waals surface area contributed by atoms with Gasteiger partial charge in [0.1, 0.15) is 5.57 Å². The standard InChI is InChI=1S/C62H42N8S/c1-33-42-17-19-44-34(2)46-21-27-52-58(53-28-22-47-35(3)45-20-18-43(33)64(45)61(63(42)44,65(46)52)66(47)53)40-13-9-38(10-14-40)7-8-39-11-15-41(16-12-39)59-54-29-23-48-36(4)50-25-31-56-60(71-6)57-32-26-51-37(5)49-24-30-55(59)68(49)62(67(48)54,69(50)56)70(51)57/h9-32H,1-6H3/q+4. The van der Waals surface area contributed by atoms with Crippen molar-refractivity contribution in [2.45, 2.75) is 46.4 Å². The molecule has 2 atom stereocenters. The number of benzene rings is 2. The van der Waals surface area contributed by atoms with E-state index in [2.05, 4.69) is 235 Å². The molecular formula is C62H42N8S+4. The summed E-state index contributed by atoms with van der Waals surface area (Å²) in [5, 5.41) is 5.01. The third-order valence-corrected chi connectivity index (χ3v) is 18.5. The van der Waals surface area contributed by atoms with Crippen molar-refractivity contribution in [3.05, 3.63) is 240 Å². The van der Waals surface area contributed by atoms with E-state index < -0.39 is 11.8 Å². The van der Waals surface area contributed by atoms with E-state index in [0.29, 0.717) is 0 Å². The molecule has 16 heterocycles. The Kier molecular flexibility index (Phi) is 6.20. The lowest BCUT2D eigenvalue weighted by molar-refractivity contribution is -0.837. The third-order valence-electron chi connectivity index (χ3n) is 17.7. The van der Waals surface area contributed by atoms with Crippen LogP contribution in [0, 0.1) is 11.8 Å². The smallest absolute Gasteiger partial charge is 0.198 e. The average molecular weight is 931 g/mol. The van der Waals surface area contributed by atoms with Gasteiger partial charge in [0.2, 0.25) is 45.6 Å². The number of aromatic nitrogens is 4. The molecule has 0 amide bonds. The van der Waals surface area contributed by atoms with Crippen molar-refractivity contribution in [1.29, 1.82) is 0 Å². The fourth-order valence-corrected chi connectivity index (χ4v) is 15.5. The van der Waals surface area contributed by atoms with Crippen LogP contribution in [0.1, 0.15) is 79.6 Å². The van der Waals surface area contributed by atoms with Gasteiger partial charge in [-0.1, -0.05) is 54.4 Å². The minimum Gasteiger partial charge on any atom is -0.198 e. The quantitative estimate of drug-likeness (QED) is 0.146. The molecule has 0 aliphatic carbocycles. The molecule has 0 bridgehead atoms. The second-order valence-electron chi connectivity index (χ2n) is 20.5. The number of hydrogen-bond acceptors (Lipinski definition) is 1. The molecule has 8 nitrogen and oxygen atoms in total. The molecule has 0 radical (unpaired) electrons. The van der Waals surface area contributed by atoms with E-state index >= 15 is 0 Å². The van der Waals surface area contributed by atoms with E-state index in [4.69, 9.17) is 0 Å². The van der Waals surface area contributed by atoms with Crippen molar-refractivity contribution in [2.24, 2.45) is 0 Å². The summed E-state index contributed by atoms with van der Waals surface area (Å²) >= 11 is 1.84. The summed E-state index contributed by atoms with van der Waals surface area (Å²) < 4.78 is 20.9. The van der Waals surface area contributed by atoms with Crippen LogP contribution in [-0.4, -0.2) is 65.7 Å². The first-order valence-corrected chi connectivity index (χ1v) is 25.9.